The van der Waals surface area contributed by atoms with Crippen LogP contribution in [0.1, 0.15) is 11.1 Å². The Morgan fingerprint density at radius 1 is 1.10 bits per heavy atom. The van der Waals surface area contributed by atoms with E-state index in [9.17, 15) is 13.2 Å². The summed E-state index contributed by atoms with van der Waals surface area (Å²) in [7, 11) is 0. The van der Waals surface area contributed by atoms with Crippen LogP contribution < -0.4 is 11.1 Å². The highest BCUT2D eigenvalue weighted by atomic mass is 79.9. The highest BCUT2D eigenvalue weighted by molar-refractivity contribution is 9.10. The van der Waals surface area contributed by atoms with Gasteiger partial charge in [-0.05, 0) is 46.3 Å². The minimum Gasteiger partial charge on any atom is -0.389 e. The van der Waals surface area contributed by atoms with Gasteiger partial charge in [-0.15, -0.1) is 0 Å². The first-order valence-electron chi connectivity index (χ1n) is 5.81. The quantitative estimate of drug-likeness (QED) is 0.754. The van der Waals surface area contributed by atoms with Gasteiger partial charge in [-0.3, -0.25) is 0 Å². The standard InChI is InChI=1S/C14H10BrF3N2S/c15-10-6-5-8(14(16,17)18)7-12(10)20-11-4-2-1-3-9(11)13(19)21/h1-7,20H,(H2,19,21). The van der Waals surface area contributed by atoms with Gasteiger partial charge >= 0.3 is 6.18 Å². The largest absolute Gasteiger partial charge is 0.416 e. The van der Waals surface area contributed by atoms with Gasteiger partial charge in [0.05, 0.1) is 11.3 Å². The van der Waals surface area contributed by atoms with Gasteiger partial charge in [-0.1, -0.05) is 24.4 Å². The molecule has 0 bridgehead atoms. The van der Waals surface area contributed by atoms with Crippen molar-refractivity contribution in [3.63, 3.8) is 0 Å². The molecule has 7 heteroatoms. The lowest BCUT2D eigenvalue weighted by Crippen LogP contribution is -2.12. The topological polar surface area (TPSA) is 38.0 Å². The highest BCUT2D eigenvalue weighted by Crippen LogP contribution is 2.35. The van der Waals surface area contributed by atoms with E-state index in [1.165, 1.54) is 6.07 Å². The molecule has 110 valence electrons. The second kappa shape index (κ2) is 6.03. The fourth-order valence-corrected chi connectivity index (χ4v) is 2.27. The van der Waals surface area contributed by atoms with Crippen molar-refractivity contribution in [2.45, 2.75) is 6.18 Å². The molecule has 0 amide bonds. The smallest absolute Gasteiger partial charge is 0.389 e. The van der Waals surface area contributed by atoms with Crippen molar-refractivity contribution in [1.29, 1.82) is 0 Å². The van der Waals surface area contributed by atoms with Gasteiger partial charge in [0, 0.05) is 15.7 Å². The minimum absolute atomic E-state index is 0.168. The average molecular weight is 375 g/mol. The first-order chi connectivity index (χ1) is 9.79. The number of thiocarbonyl (C=S) groups is 1. The zero-order valence-corrected chi connectivity index (χ0v) is 12.9. The minimum atomic E-state index is -4.40. The predicted octanol–water partition coefficient (Wildman–Crippen LogP) is 4.85. The summed E-state index contributed by atoms with van der Waals surface area (Å²) in [5.74, 6) is 0. The molecule has 3 N–H and O–H groups in total. The Morgan fingerprint density at radius 3 is 2.38 bits per heavy atom. The normalized spacial score (nSPS) is 11.2. The van der Waals surface area contributed by atoms with E-state index in [0.29, 0.717) is 15.7 Å². The third-order valence-corrected chi connectivity index (χ3v) is 3.67. The summed E-state index contributed by atoms with van der Waals surface area (Å²) in [5.41, 5.74) is 6.27. The maximum absolute atomic E-state index is 12.8. The third kappa shape index (κ3) is 3.74. The van der Waals surface area contributed by atoms with Crippen molar-refractivity contribution in [3.8, 4) is 0 Å². The van der Waals surface area contributed by atoms with Crippen molar-refractivity contribution >= 4 is 44.5 Å². The van der Waals surface area contributed by atoms with E-state index >= 15 is 0 Å². The number of anilines is 2. The first kappa shape index (κ1) is 15.8. The summed E-state index contributed by atoms with van der Waals surface area (Å²) in [5, 5.41) is 2.92. The molecule has 0 radical (unpaired) electrons. The molecule has 2 aromatic rings. The van der Waals surface area contributed by atoms with Crippen LogP contribution in [-0.4, -0.2) is 4.99 Å². The fraction of sp³-hybridized carbons (Fsp3) is 0.0714. The van der Waals surface area contributed by atoms with E-state index in [1.54, 1.807) is 24.3 Å². The Balaban J connectivity index is 2.43. The average Bonchev–Trinajstić information content (AvgIpc) is 2.40. The monoisotopic (exact) mass is 374 g/mol. The fourth-order valence-electron chi connectivity index (χ4n) is 1.75. The Morgan fingerprint density at radius 2 is 1.76 bits per heavy atom. The van der Waals surface area contributed by atoms with E-state index in [0.717, 1.165) is 12.1 Å². The molecule has 0 aliphatic heterocycles. The van der Waals surface area contributed by atoms with Crippen LogP contribution in [0.3, 0.4) is 0 Å². The zero-order chi connectivity index (χ0) is 15.6. The summed E-state index contributed by atoms with van der Waals surface area (Å²) < 4.78 is 38.8. The van der Waals surface area contributed by atoms with Crippen LogP contribution in [0.2, 0.25) is 0 Å². The van der Waals surface area contributed by atoms with Crippen LogP contribution in [0.4, 0.5) is 24.5 Å². The lowest BCUT2D eigenvalue weighted by molar-refractivity contribution is -0.137. The van der Waals surface area contributed by atoms with Crippen LogP contribution in [0.15, 0.2) is 46.9 Å². The molecular weight excluding hydrogens is 365 g/mol. The molecule has 0 unspecified atom stereocenters. The number of nitrogens with two attached hydrogens (primary N) is 1. The summed E-state index contributed by atoms with van der Waals surface area (Å²) in [6.07, 6.45) is -4.40. The molecule has 2 aromatic carbocycles. The van der Waals surface area contributed by atoms with Gasteiger partial charge in [-0.25, -0.2) is 0 Å². The zero-order valence-electron chi connectivity index (χ0n) is 10.5. The van der Waals surface area contributed by atoms with Gasteiger partial charge in [0.1, 0.15) is 4.99 Å². The van der Waals surface area contributed by atoms with Crippen molar-refractivity contribution in [2.24, 2.45) is 5.73 Å². The Labute approximate surface area is 133 Å². The predicted molar refractivity (Wildman–Crippen MR) is 84.8 cm³/mol. The molecule has 0 saturated heterocycles. The van der Waals surface area contributed by atoms with Crippen LogP contribution in [-0.2, 0) is 6.18 Å². The van der Waals surface area contributed by atoms with Crippen molar-refractivity contribution in [3.05, 3.63) is 58.1 Å². The van der Waals surface area contributed by atoms with Gasteiger partial charge in [0.25, 0.3) is 0 Å². The van der Waals surface area contributed by atoms with Gasteiger partial charge in [0.2, 0.25) is 0 Å². The maximum atomic E-state index is 12.8. The number of para-hydroxylation sites is 1. The molecule has 0 fully saturated rings. The Bertz CT molecular complexity index is 686. The molecule has 2 rings (SSSR count). The third-order valence-electron chi connectivity index (χ3n) is 2.76. The number of nitrogens with one attached hydrogen (secondary N) is 1. The lowest BCUT2D eigenvalue weighted by atomic mass is 10.1. The Hall–Kier alpha value is -1.60. The maximum Gasteiger partial charge on any atom is 0.416 e. The number of hydrogen-bond acceptors (Lipinski definition) is 2. The number of rotatable bonds is 3. The molecule has 0 spiro atoms. The number of hydrogen-bond donors (Lipinski definition) is 2. The van der Waals surface area contributed by atoms with Crippen LogP contribution in [0.25, 0.3) is 0 Å². The Kier molecular flexibility index (Phi) is 4.53. The van der Waals surface area contributed by atoms with E-state index in [1.807, 2.05) is 0 Å². The van der Waals surface area contributed by atoms with Gasteiger partial charge < -0.3 is 11.1 Å². The summed E-state index contributed by atoms with van der Waals surface area (Å²) in [6.45, 7) is 0. The van der Waals surface area contributed by atoms with Crippen LogP contribution in [0, 0.1) is 0 Å². The summed E-state index contributed by atoms with van der Waals surface area (Å²) >= 11 is 8.15. The molecule has 0 atom stereocenters. The van der Waals surface area contributed by atoms with Crippen LogP contribution in [0.5, 0.6) is 0 Å². The molecule has 0 heterocycles. The SMILES string of the molecule is NC(=S)c1ccccc1Nc1cc(C(F)(F)F)ccc1Br. The summed E-state index contributed by atoms with van der Waals surface area (Å²) in [4.78, 5) is 0.168. The van der Waals surface area contributed by atoms with Gasteiger partial charge in [0.15, 0.2) is 0 Å². The van der Waals surface area contributed by atoms with Crippen molar-refractivity contribution < 1.29 is 13.2 Å². The van der Waals surface area contributed by atoms with E-state index in [-0.39, 0.29) is 10.7 Å². The molecule has 0 aliphatic rings. The van der Waals surface area contributed by atoms with E-state index in [2.05, 4.69) is 21.2 Å². The molecule has 2 nitrogen and oxygen atoms in total. The second-order valence-corrected chi connectivity index (χ2v) is 5.52. The molecular formula is C14H10BrF3N2S. The van der Waals surface area contributed by atoms with E-state index < -0.39 is 11.7 Å². The number of halogens is 4. The lowest BCUT2D eigenvalue weighted by Gasteiger charge is -2.14. The second-order valence-electron chi connectivity index (χ2n) is 4.23. The van der Waals surface area contributed by atoms with E-state index in [4.69, 9.17) is 18.0 Å². The van der Waals surface area contributed by atoms with Crippen LogP contribution >= 0.6 is 28.1 Å². The molecule has 0 aliphatic carbocycles. The first-order valence-corrected chi connectivity index (χ1v) is 7.02. The van der Waals surface area contributed by atoms with Crippen molar-refractivity contribution in [2.75, 3.05) is 5.32 Å². The van der Waals surface area contributed by atoms with Gasteiger partial charge in [-0.2, -0.15) is 13.2 Å². The number of alkyl halides is 3. The number of benzene rings is 2. The molecule has 21 heavy (non-hydrogen) atoms. The summed E-state index contributed by atoms with van der Waals surface area (Å²) in [6, 6.07) is 10.3. The molecule has 0 saturated carbocycles. The highest BCUT2D eigenvalue weighted by Gasteiger charge is 2.31. The van der Waals surface area contributed by atoms with Crippen molar-refractivity contribution in [1.82, 2.24) is 0 Å². The molecule has 0 aromatic heterocycles.